The van der Waals surface area contributed by atoms with E-state index in [1.807, 2.05) is 103 Å². The van der Waals surface area contributed by atoms with Crippen LogP contribution in [0.1, 0.15) is 19.4 Å². The van der Waals surface area contributed by atoms with E-state index >= 15 is 0 Å². The first-order chi connectivity index (χ1) is 16.1. The van der Waals surface area contributed by atoms with Crippen molar-refractivity contribution in [2.75, 3.05) is 5.75 Å². The Kier molecular flexibility index (Phi) is 7.42. The summed E-state index contributed by atoms with van der Waals surface area (Å²) in [5, 5.41) is 12.4. The number of benzene rings is 3. The van der Waals surface area contributed by atoms with Crippen LogP contribution in [0.25, 0.3) is 17.1 Å². The quantitative estimate of drug-likeness (QED) is 0.352. The molecule has 0 aliphatic rings. The summed E-state index contributed by atoms with van der Waals surface area (Å²) in [5.41, 5.74) is 2.94. The van der Waals surface area contributed by atoms with Gasteiger partial charge in [0.1, 0.15) is 5.75 Å². The maximum Gasteiger partial charge on any atom is 0.230 e. The topological polar surface area (TPSA) is 69.0 Å². The van der Waals surface area contributed by atoms with Crippen LogP contribution < -0.4 is 10.1 Å². The van der Waals surface area contributed by atoms with Crippen molar-refractivity contribution in [1.29, 1.82) is 0 Å². The van der Waals surface area contributed by atoms with Crippen LogP contribution in [-0.4, -0.2) is 32.5 Å². The summed E-state index contributed by atoms with van der Waals surface area (Å²) in [6.07, 6.45) is 0.132. The molecule has 4 aromatic rings. The first kappa shape index (κ1) is 22.6. The van der Waals surface area contributed by atoms with E-state index in [0.717, 1.165) is 28.4 Å². The normalized spacial score (nSPS) is 10.9. The van der Waals surface area contributed by atoms with Crippen molar-refractivity contribution in [3.63, 3.8) is 0 Å². The Morgan fingerprint density at radius 2 is 1.61 bits per heavy atom. The lowest BCUT2D eigenvalue weighted by molar-refractivity contribution is -0.118. The van der Waals surface area contributed by atoms with Gasteiger partial charge in [-0.25, -0.2) is 0 Å². The molecule has 1 aromatic heterocycles. The minimum Gasteiger partial charge on any atom is -0.491 e. The Balaban J connectivity index is 1.42. The maximum absolute atomic E-state index is 12.5. The number of aromatic nitrogens is 3. The van der Waals surface area contributed by atoms with Crippen molar-refractivity contribution in [2.24, 2.45) is 0 Å². The van der Waals surface area contributed by atoms with Gasteiger partial charge in [-0.05, 0) is 43.7 Å². The smallest absolute Gasteiger partial charge is 0.230 e. The summed E-state index contributed by atoms with van der Waals surface area (Å²) >= 11 is 1.37. The van der Waals surface area contributed by atoms with E-state index in [9.17, 15) is 4.79 Å². The van der Waals surface area contributed by atoms with Crippen molar-refractivity contribution < 1.29 is 9.53 Å². The molecule has 33 heavy (non-hydrogen) atoms. The molecule has 3 aromatic carbocycles. The molecule has 0 spiro atoms. The molecule has 1 N–H and O–H groups in total. The van der Waals surface area contributed by atoms with E-state index in [2.05, 4.69) is 15.5 Å². The van der Waals surface area contributed by atoms with Crippen LogP contribution in [0.2, 0.25) is 0 Å². The zero-order valence-corrected chi connectivity index (χ0v) is 19.5. The predicted octanol–water partition coefficient (Wildman–Crippen LogP) is 5.13. The van der Waals surface area contributed by atoms with Crippen molar-refractivity contribution in [2.45, 2.75) is 31.7 Å². The van der Waals surface area contributed by atoms with Crippen LogP contribution in [0, 0.1) is 0 Å². The number of amides is 1. The summed E-state index contributed by atoms with van der Waals surface area (Å²) in [6.45, 7) is 4.45. The minimum atomic E-state index is -0.0635. The zero-order valence-electron chi connectivity index (χ0n) is 18.6. The predicted molar refractivity (Wildman–Crippen MR) is 132 cm³/mol. The number of ether oxygens (including phenoxy) is 1. The van der Waals surface area contributed by atoms with Crippen molar-refractivity contribution in [1.82, 2.24) is 20.1 Å². The lowest BCUT2D eigenvalue weighted by Gasteiger charge is -2.11. The van der Waals surface area contributed by atoms with E-state index < -0.39 is 0 Å². The van der Waals surface area contributed by atoms with Gasteiger partial charge in [-0.1, -0.05) is 72.4 Å². The van der Waals surface area contributed by atoms with Gasteiger partial charge in [-0.2, -0.15) is 0 Å². The van der Waals surface area contributed by atoms with Crippen molar-refractivity contribution in [3.05, 3.63) is 90.5 Å². The lowest BCUT2D eigenvalue weighted by atomic mass is 10.2. The molecule has 168 valence electrons. The molecule has 0 bridgehead atoms. The summed E-state index contributed by atoms with van der Waals surface area (Å²) < 4.78 is 7.64. The van der Waals surface area contributed by atoms with Gasteiger partial charge in [0, 0.05) is 17.8 Å². The molecule has 0 atom stereocenters. The molecule has 0 unspecified atom stereocenters. The van der Waals surface area contributed by atoms with Gasteiger partial charge in [0.15, 0.2) is 11.0 Å². The Bertz CT molecular complexity index is 1180. The van der Waals surface area contributed by atoms with E-state index in [4.69, 9.17) is 4.74 Å². The van der Waals surface area contributed by atoms with E-state index in [1.54, 1.807) is 0 Å². The fraction of sp³-hybridized carbons (Fsp3) is 0.192. The molecule has 0 saturated heterocycles. The fourth-order valence-electron chi connectivity index (χ4n) is 3.29. The zero-order chi connectivity index (χ0) is 23.0. The van der Waals surface area contributed by atoms with E-state index in [0.29, 0.717) is 11.7 Å². The van der Waals surface area contributed by atoms with Gasteiger partial charge in [0.25, 0.3) is 0 Å². The van der Waals surface area contributed by atoms with Gasteiger partial charge >= 0.3 is 0 Å². The van der Waals surface area contributed by atoms with Crippen LogP contribution >= 0.6 is 11.8 Å². The fourth-order valence-corrected chi connectivity index (χ4v) is 4.07. The molecule has 1 amide bonds. The third-order valence-corrected chi connectivity index (χ3v) is 5.73. The Hall–Kier alpha value is -3.58. The molecule has 6 nitrogen and oxygen atoms in total. The largest absolute Gasteiger partial charge is 0.491 e. The SMILES string of the molecule is CC(C)Oc1ccc(CNC(=O)CSc2nnc(-c3ccccc3)n2-c2ccccc2)cc1. The second-order valence-corrected chi connectivity index (χ2v) is 8.66. The molecule has 0 saturated carbocycles. The number of nitrogens with one attached hydrogen (secondary N) is 1. The van der Waals surface area contributed by atoms with Gasteiger partial charge < -0.3 is 10.1 Å². The lowest BCUT2D eigenvalue weighted by Crippen LogP contribution is -2.24. The molecule has 7 heteroatoms. The van der Waals surface area contributed by atoms with Gasteiger partial charge in [0.2, 0.25) is 5.91 Å². The van der Waals surface area contributed by atoms with Crippen LogP contribution in [-0.2, 0) is 11.3 Å². The highest BCUT2D eigenvalue weighted by Gasteiger charge is 2.17. The summed E-state index contributed by atoms with van der Waals surface area (Å²) in [5.74, 6) is 1.75. The third-order valence-electron chi connectivity index (χ3n) is 4.80. The van der Waals surface area contributed by atoms with Crippen LogP contribution in [0.5, 0.6) is 5.75 Å². The first-order valence-corrected chi connectivity index (χ1v) is 11.8. The molecule has 0 radical (unpaired) electrons. The van der Waals surface area contributed by atoms with Crippen molar-refractivity contribution >= 4 is 17.7 Å². The molecular weight excluding hydrogens is 432 g/mol. The number of hydrogen-bond acceptors (Lipinski definition) is 5. The van der Waals surface area contributed by atoms with Crippen molar-refractivity contribution in [3.8, 4) is 22.8 Å². The van der Waals surface area contributed by atoms with Crippen LogP contribution in [0.4, 0.5) is 0 Å². The van der Waals surface area contributed by atoms with Gasteiger partial charge in [0.05, 0.1) is 11.9 Å². The van der Waals surface area contributed by atoms with E-state index in [1.165, 1.54) is 11.8 Å². The molecular formula is C26H26N4O2S. The van der Waals surface area contributed by atoms with E-state index in [-0.39, 0.29) is 17.8 Å². The number of carbonyl (C=O) groups excluding carboxylic acids is 1. The monoisotopic (exact) mass is 458 g/mol. The molecule has 1 heterocycles. The molecule has 0 aliphatic heterocycles. The molecule has 4 rings (SSSR count). The second-order valence-electron chi connectivity index (χ2n) is 7.72. The Morgan fingerprint density at radius 1 is 0.939 bits per heavy atom. The van der Waals surface area contributed by atoms with Crippen LogP contribution in [0.15, 0.2) is 90.1 Å². The number of hydrogen-bond donors (Lipinski definition) is 1. The highest BCUT2D eigenvalue weighted by molar-refractivity contribution is 7.99. The number of nitrogens with zero attached hydrogens (tertiary/aromatic N) is 3. The van der Waals surface area contributed by atoms with Crippen LogP contribution in [0.3, 0.4) is 0 Å². The average Bonchev–Trinajstić information content (AvgIpc) is 3.27. The Labute approximate surface area is 198 Å². The molecule has 0 aliphatic carbocycles. The summed E-state index contributed by atoms with van der Waals surface area (Å²) in [6, 6.07) is 27.6. The number of rotatable bonds is 9. The number of para-hydroxylation sites is 1. The Morgan fingerprint density at radius 3 is 2.27 bits per heavy atom. The third kappa shape index (κ3) is 6.02. The summed E-state index contributed by atoms with van der Waals surface area (Å²) in [4.78, 5) is 12.5. The standard InChI is InChI=1S/C26H26N4O2S/c1-19(2)32-23-15-13-20(14-16-23)17-27-24(31)18-33-26-29-28-25(21-9-5-3-6-10-21)30(26)22-11-7-4-8-12-22/h3-16,19H,17-18H2,1-2H3,(H,27,31). The minimum absolute atomic E-state index is 0.0635. The first-order valence-electron chi connectivity index (χ1n) is 10.8. The molecule has 0 fully saturated rings. The highest BCUT2D eigenvalue weighted by atomic mass is 32.2. The number of thioether (sulfide) groups is 1. The highest BCUT2D eigenvalue weighted by Crippen LogP contribution is 2.27. The second kappa shape index (κ2) is 10.8. The average molecular weight is 459 g/mol. The summed E-state index contributed by atoms with van der Waals surface area (Å²) in [7, 11) is 0. The maximum atomic E-state index is 12.5. The number of carbonyl (C=O) groups is 1. The van der Waals surface area contributed by atoms with Gasteiger partial charge in [-0.3, -0.25) is 9.36 Å². The van der Waals surface area contributed by atoms with Gasteiger partial charge in [-0.15, -0.1) is 10.2 Å².